The number of hydrogen-bond acceptors (Lipinski definition) is 2. The van der Waals surface area contributed by atoms with Crippen molar-refractivity contribution in [3.8, 4) is 0 Å². The lowest BCUT2D eigenvalue weighted by Gasteiger charge is -2.20. The van der Waals surface area contributed by atoms with Crippen LogP contribution in [0.15, 0.2) is 41.1 Å². The normalized spacial score (nSPS) is 14.5. The molecule has 1 nitrogen and oxygen atoms in total. The molecule has 0 saturated carbocycles. The number of rotatable bonds is 4. The van der Waals surface area contributed by atoms with Gasteiger partial charge in [-0.15, -0.1) is 0 Å². The number of benzene rings is 1. The first-order chi connectivity index (χ1) is 8.16. The lowest BCUT2D eigenvalue weighted by molar-refractivity contribution is 0.495. The highest BCUT2D eigenvalue weighted by molar-refractivity contribution is 7.07. The molecule has 1 heterocycles. The van der Waals surface area contributed by atoms with Crippen LogP contribution in [0.3, 0.4) is 0 Å². The van der Waals surface area contributed by atoms with Crippen molar-refractivity contribution in [1.29, 1.82) is 0 Å². The van der Waals surface area contributed by atoms with Crippen molar-refractivity contribution in [2.24, 2.45) is 0 Å². The molecule has 2 atom stereocenters. The maximum Gasteiger partial charge on any atom is 0.0409 e. The van der Waals surface area contributed by atoms with Crippen LogP contribution in [0, 0.1) is 0 Å². The second kappa shape index (κ2) is 5.67. The molecule has 0 saturated heterocycles. The van der Waals surface area contributed by atoms with Crippen molar-refractivity contribution in [3.05, 3.63) is 57.2 Å². The van der Waals surface area contributed by atoms with Crippen molar-refractivity contribution in [2.75, 3.05) is 0 Å². The van der Waals surface area contributed by atoms with Gasteiger partial charge in [-0.25, -0.2) is 0 Å². The minimum Gasteiger partial charge on any atom is -0.304 e. The molecule has 0 aliphatic carbocycles. The van der Waals surface area contributed by atoms with Gasteiger partial charge in [-0.2, -0.15) is 11.3 Å². The van der Waals surface area contributed by atoms with Gasteiger partial charge in [-0.05, 0) is 53.9 Å². The van der Waals surface area contributed by atoms with E-state index in [0.29, 0.717) is 12.1 Å². The Morgan fingerprint density at radius 3 is 2.53 bits per heavy atom. The predicted molar refractivity (Wildman–Crippen MR) is 75.7 cm³/mol. The number of halogens is 1. The summed E-state index contributed by atoms with van der Waals surface area (Å²) in [4.78, 5) is 0. The lowest BCUT2D eigenvalue weighted by Crippen LogP contribution is -2.22. The van der Waals surface area contributed by atoms with Crippen molar-refractivity contribution >= 4 is 22.9 Å². The van der Waals surface area contributed by atoms with Crippen molar-refractivity contribution in [2.45, 2.75) is 25.9 Å². The minimum atomic E-state index is 0.295. The monoisotopic (exact) mass is 265 g/mol. The molecule has 1 N–H and O–H groups in total. The maximum absolute atomic E-state index is 6.00. The van der Waals surface area contributed by atoms with Gasteiger partial charge in [-0.3, -0.25) is 0 Å². The van der Waals surface area contributed by atoms with Crippen LogP contribution in [0.25, 0.3) is 0 Å². The van der Waals surface area contributed by atoms with Crippen LogP contribution >= 0.6 is 22.9 Å². The number of nitrogens with one attached hydrogen (secondary N) is 1. The average molecular weight is 266 g/mol. The van der Waals surface area contributed by atoms with E-state index in [2.05, 4.69) is 42.1 Å². The fraction of sp³-hybridized carbons (Fsp3) is 0.286. The standard InChI is InChI=1S/C14H16ClNS/c1-10(12-4-3-5-14(15)8-12)16-11(2)13-6-7-17-9-13/h3-11,16H,1-2H3/t10-,11?/m1/s1. The zero-order valence-electron chi connectivity index (χ0n) is 9.98. The van der Waals surface area contributed by atoms with Crippen LogP contribution in [0.4, 0.5) is 0 Å². The summed E-state index contributed by atoms with van der Waals surface area (Å²) in [7, 11) is 0. The Labute approximate surface area is 111 Å². The molecule has 0 spiro atoms. The Kier molecular flexibility index (Phi) is 4.21. The molecular formula is C14H16ClNS. The topological polar surface area (TPSA) is 12.0 Å². The fourth-order valence-corrected chi connectivity index (χ4v) is 2.82. The third-order valence-electron chi connectivity index (χ3n) is 2.89. The predicted octanol–water partition coefficient (Wildman–Crippen LogP) is 4.81. The van der Waals surface area contributed by atoms with E-state index < -0.39 is 0 Å². The molecule has 0 aliphatic rings. The van der Waals surface area contributed by atoms with E-state index in [1.165, 1.54) is 11.1 Å². The summed E-state index contributed by atoms with van der Waals surface area (Å²) in [5.41, 5.74) is 2.56. The Balaban J connectivity index is 2.04. The van der Waals surface area contributed by atoms with Gasteiger partial charge in [0.25, 0.3) is 0 Å². The Bertz CT molecular complexity index is 467. The van der Waals surface area contributed by atoms with E-state index in [1.807, 2.05) is 18.2 Å². The molecule has 2 rings (SSSR count). The molecule has 0 amide bonds. The molecule has 1 aromatic carbocycles. The average Bonchev–Trinajstić information content (AvgIpc) is 2.82. The highest BCUT2D eigenvalue weighted by Gasteiger charge is 2.11. The van der Waals surface area contributed by atoms with E-state index in [0.717, 1.165) is 5.02 Å². The minimum absolute atomic E-state index is 0.295. The molecule has 1 aromatic heterocycles. The third-order valence-corrected chi connectivity index (χ3v) is 3.83. The highest BCUT2D eigenvalue weighted by atomic mass is 35.5. The molecule has 0 radical (unpaired) electrons. The van der Waals surface area contributed by atoms with Crippen LogP contribution in [0.1, 0.15) is 37.1 Å². The second-order valence-electron chi connectivity index (χ2n) is 4.22. The molecule has 0 bridgehead atoms. The summed E-state index contributed by atoms with van der Waals surface area (Å²) in [6.07, 6.45) is 0. The third kappa shape index (κ3) is 3.32. The molecule has 0 fully saturated rings. The Hall–Kier alpha value is -0.830. The Morgan fingerprint density at radius 2 is 1.88 bits per heavy atom. The number of hydrogen-bond donors (Lipinski definition) is 1. The Morgan fingerprint density at radius 1 is 1.12 bits per heavy atom. The summed E-state index contributed by atoms with van der Waals surface area (Å²) >= 11 is 7.73. The maximum atomic E-state index is 6.00. The summed E-state index contributed by atoms with van der Waals surface area (Å²) in [6.45, 7) is 4.34. The summed E-state index contributed by atoms with van der Waals surface area (Å²) in [5.74, 6) is 0. The molecule has 90 valence electrons. The van der Waals surface area contributed by atoms with E-state index in [9.17, 15) is 0 Å². The van der Waals surface area contributed by atoms with Crippen LogP contribution in [-0.2, 0) is 0 Å². The van der Waals surface area contributed by atoms with Crippen LogP contribution in [0.2, 0.25) is 5.02 Å². The largest absolute Gasteiger partial charge is 0.304 e. The fourth-order valence-electron chi connectivity index (χ4n) is 1.86. The van der Waals surface area contributed by atoms with E-state index in [-0.39, 0.29) is 0 Å². The van der Waals surface area contributed by atoms with Gasteiger partial charge in [0.15, 0.2) is 0 Å². The van der Waals surface area contributed by atoms with E-state index >= 15 is 0 Å². The van der Waals surface area contributed by atoms with Crippen LogP contribution in [0.5, 0.6) is 0 Å². The smallest absolute Gasteiger partial charge is 0.0409 e. The summed E-state index contributed by atoms with van der Waals surface area (Å²) in [5, 5.41) is 8.66. The van der Waals surface area contributed by atoms with Gasteiger partial charge < -0.3 is 5.32 Å². The van der Waals surface area contributed by atoms with Crippen LogP contribution in [-0.4, -0.2) is 0 Å². The zero-order chi connectivity index (χ0) is 12.3. The van der Waals surface area contributed by atoms with Gasteiger partial charge in [0.05, 0.1) is 0 Å². The summed E-state index contributed by atoms with van der Waals surface area (Å²) in [6, 6.07) is 10.8. The van der Waals surface area contributed by atoms with Gasteiger partial charge >= 0.3 is 0 Å². The number of thiophene rings is 1. The van der Waals surface area contributed by atoms with Crippen molar-refractivity contribution < 1.29 is 0 Å². The molecule has 3 heteroatoms. The molecule has 0 aliphatic heterocycles. The zero-order valence-corrected chi connectivity index (χ0v) is 11.6. The van der Waals surface area contributed by atoms with Gasteiger partial charge in [0.2, 0.25) is 0 Å². The van der Waals surface area contributed by atoms with Crippen molar-refractivity contribution in [3.63, 3.8) is 0 Å². The molecule has 1 unspecified atom stereocenters. The first-order valence-corrected chi connectivity index (χ1v) is 7.02. The van der Waals surface area contributed by atoms with Gasteiger partial charge in [-0.1, -0.05) is 23.7 Å². The molecule has 17 heavy (non-hydrogen) atoms. The SMILES string of the molecule is CC(N[C@H](C)c1cccc(Cl)c1)c1ccsc1. The first-order valence-electron chi connectivity index (χ1n) is 5.70. The highest BCUT2D eigenvalue weighted by Crippen LogP contribution is 2.22. The van der Waals surface area contributed by atoms with Crippen LogP contribution < -0.4 is 5.32 Å². The lowest BCUT2D eigenvalue weighted by atomic mass is 10.1. The molecule has 2 aromatic rings. The van der Waals surface area contributed by atoms with E-state index in [4.69, 9.17) is 11.6 Å². The quantitative estimate of drug-likeness (QED) is 0.836. The first kappa shape index (κ1) is 12.6. The molecular weight excluding hydrogens is 250 g/mol. The van der Waals surface area contributed by atoms with E-state index in [1.54, 1.807) is 11.3 Å². The van der Waals surface area contributed by atoms with Gasteiger partial charge in [0, 0.05) is 17.1 Å². The van der Waals surface area contributed by atoms with Crippen molar-refractivity contribution in [1.82, 2.24) is 5.32 Å². The summed E-state index contributed by atoms with van der Waals surface area (Å²) < 4.78 is 0. The van der Waals surface area contributed by atoms with Gasteiger partial charge in [0.1, 0.15) is 0 Å². The second-order valence-corrected chi connectivity index (χ2v) is 5.44.